The van der Waals surface area contributed by atoms with E-state index in [-0.39, 0.29) is 17.9 Å². The summed E-state index contributed by atoms with van der Waals surface area (Å²) in [4.78, 5) is 15.5. The SMILES string of the molecule is CC1NCCC1C(=O)NCc1ncon1. The minimum absolute atomic E-state index is 0.0527. The largest absolute Gasteiger partial charge is 0.348 e. The van der Waals surface area contributed by atoms with E-state index in [1.54, 1.807) is 0 Å². The van der Waals surface area contributed by atoms with Crippen molar-refractivity contribution in [1.29, 1.82) is 0 Å². The third kappa shape index (κ3) is 2.33. The van der Waals surface area contributed by atoms with Crippen LogP contribution in [0.3, 0.4) is 0 Å². The van der Waals surface area contributed by atoms with Crippen molar-refractivity contribution in [2.45, 2.75) is 25.9 Å². The molecule has 1 aromatic heterocycles. The molecule has 0 aliphatic carbocycles. The molecule has 1 aliphatic heterocycles. The summed E-state index contributed by atoms with van der Waals surface area (Å²) < 4.78 is 4.57. The quantitative estimate of drug-likeness (QED) is 0.715. The van der Waals surface area contributed by atoms with Crippen LogP contribution in [0.25, 0.3) is 0 Å². The van der Waals surface area contributed by atoms with E-state index in [1.807, 2.05) is 6.92 Å². The molecule has 6 heteroatoms. The molecule has 2 N–H and O–H groups in total. The highest BCUT2D eigenvalue weighted by Gasteiger charge is 2.29. The predicted molar refractivity (Wildman–Crippen MR) is 51.7 cm³/mol. The molecule has 1 aliphatic rings. The lowest BCUT2D eigenvalue weighted by atomic mass is 10.0. The molecule has 1 aromatic rings. The van der Waals surface area contributed by atoms with Crippen LogP contribution in [0.5, 0.6) is 0 Å². The van der Waals surface area contributed by atoms with Gasteiger partial charge in [-0.2, -0.15) is 4.98 Å². The van der Waals surface area contributed by atoms with Crippen LogP contribution in [0.4, 0.5) is 0 Å². The number of aromatic nitrogens is 2. The van der Waals surface area contributed by atoms with Crippen LogP contribution in [0.2, 0.25) is 0 Å². The van der Waals surface area contributed by atoms with Gasteiger partial charge in [0.05, 0.1) is 12.5 Å². The number of rotatable bonds is 3. The summed E-state index contributed by atoms with van der Waals surface area (Å²) in [5.74, 6) is 0.608. The Kier molecular flexibility index (Phi) is 2.96. The lowest BCUT2D eigenvalue weighted by Gasteiger charge is -2.13. The molecule has 15 heavy (non-hydrogen) atoms. The van der Waals surface area contributed by atoms with Crippen LogP contribution in [-0.4, -0.2) is 28.6 Å². The minimum Gasteiger partial charge on any atom is -0.348 e. The molecule has 1 saturated heterocycles. The molecule has 2 atom stereocenters. The van der Waals surface area contributed by atoms with E-state index in [1.165, 1.54) is 6.39 Å². The van der Waals surface area contributed by atoms with Gasteiger partial charge in [0, 0.05) is 6.04 Å². The van der Waals surface area contributed by atoms with Gasteiger partial charge >= 0.3 is 0 Å². The zero-order chi connectivity index (χ0) is 10.7. The third-order valence-corrected chi connectivity index (χ3v) is 2.69. The van der Waals surface area contributed by atoms with Gasteiger partial charge in [0.15, 0.2) is 5.82 Å². The van der Waals surface area contributed by atoms with Crippen molar-refractivity contribution in [1.82, 2.24) is 20.8 Å². The summed E-state index contributed by atoms with van der Waals surface area (Å²) >= 11 is 0. The van der Waals surface area contributed by atoms with Gasteiger partial charge in [-0.25, -0.2) is 0 Å². The lowest BCUT2D eigenvalue weighted by Crippen LogP contribution is -2.36. The van der Waals surface area contributed by atoms with Crippen LogP contribution < -0.4 is 10.6 Å². The Balaban J connectivity index is 1.82. The van der Waals surface area contributed by atoms with Gasteiger partial charge in [-0.05, 0) is 19.9 Å². The van der Waals surface area contributed by atoms with Crippen molar-refractivity contribution in [3.05, 3.63) is 12.2 Å². The number of carbonyl (C=O) groups excluding carboxylic acids is 1. The lowest BCUT2D eigenvalue weighted by molar-refractivity contribution is -0.125. The highest BCUT2D eigenvalue weighted by Crippen LogP contribution is 2.14. The zero-order valence-electron chi connectivity index (χ0n) is 8.56. The molecule has 82 valence electrons. The van der Waals surface area contributed by atoms with E-state index in [2.05, 4.69) is 25.3 Å². The molecule has 2 rings (SSSR count). The van der Waals surface area contributed by atoms with Crippen molar-refractivity contribution < 1.29 is 9.32 Å². The first-order valence-corrected chi connectivity index (χ1v) is 5.03. The monoisotopic (exact) mass is 210 g/mol. The number of hydrogen-bond donors (Lipinski definition) is 2. The molecular weight excluding hydrogens is 196 g/mol. The number of amides is 1. The Morgan fingerprint density at radius 3 is 3.27 bits per heavy atom. The second-order valence-electron chi connectivity index (χ2n) is 3.70. The summed E-state index contributed by atoms with van der Waals surface area (Å²) in [5, 5.41) is 9.64. The fourth-order valence-corrected chi connectivity index (χ4v) is 1.78. The van der Waals surface area contributed by atoms with Crippen LogP contribution in [0.1, 0.15) is 19.2 Å². The number of carbonyl (C=O) groups is 1. The van der Waals surface area contributed by atoms with Crippen LogP contribution in [-0.2, 0) is 11.3 Å². The molecule has 1 fully saturated rings. The molecule has 6 nitrogen and oxygen atoms in total. The predicted octanol–water partition coefficient (Wildman–Crippen LogP) is -0.316. The minimum atomic E-state index is 0.0527. The van der Waals surface area contributed by atoms with Gasteiger partial charge in [0.25, 0.3) is 0 Å². The first-order valence-electron chi connectivity index (χ1n) is 5.03. The van der Waals surface area contributed by atoms with E-state index >= 15 is 0 Å². The Bertz CT molecular complexity index is 325. The van der Waals surface area contributed by atoms with Crippen molar-refractivity contribution in [3.63, 3.8) is 0 Å². The van der Waals surface area contributed by atoms with Crippen LogP contribution >= 0.6 is 0 Å². The highest BCUT2D eigenvalue weighted by atomic mass is 16.5. The van der Waals surface area contributed by atoms with Crippen LogP contribution in [0, 0.1) is 5.92 Å². The summed E-state index contributed by atoms with van der Waals surface area (Å²) in [6, 6.07) is 0.246. The van der Waals surface area contributed by atoms with Crippen molar-refractivity contribution in [3.8, 4) is 0 Å². The van der Waals surface area contributed by atoms with E-state index in [0.717, 1.165) is 13.0 Å². The van der Waals surface area contributed by atoms with Gasteiger partial charge in [0.1, 0.15) is 0 Å². The Labute approximate surface area is 87.4 Å². The highest BCUT2D eigenvalue weighted by molar-refractivity contribution is 5.79. The molecule has 2 unspecified atom stereocenters. The average Bonchev–Trinajstić information content (AvgIpc) is 2.84. The van der Waals surface area contributed by atoms with Crippen LogP contribution in [0.15, 0.2) is 10.9 Å². The van der Waals surface area contributed by atoms with E-state index in [9.17, 15) is 4.79 Å². The Morgan fingerprint density at radius 2 is 2.67 bits per heavy atom. The molecule has 0 aromatic carbocycles. The van der Waals surface area contributed by atoms with Gasteiger partial charge < -0.3 is 15.2 Å². The molecule has 1 amide bonds. The third-order valence-electron chi connectivity index (χ3n) is 2.69. The van der Waals surface area contributed by atoms with E-state index in [4.69, 9.17) is 0 Å². The smallest absolute Gasteiger partial charge is 0.225 e. The van der Waals surface area contributed by atoms with E-state index < -0.39 is 0 Å². The Hall–Kier alpha value is -1.43. The second-order valence-corrected chi connectivity index (χ2v) is 3.70. The maximum absolute atomic E-state index is 11.7. The molecule has 0 saturated carbocycles. The normalized spacial score (nSPS) is 25.4. The molecule has 2 heterocycles. The first-order chi connectivity index (χ1) is 7.27. The standard InChI is InChI=1S/C9H14N4O2/c1-6-7(2-3-10-6)9(14)11-4-8-12-5-15-13-8/h5-7,10H,2-4H2,1H3,(H,11,14). The second kappa shape index (κ2) is 4.39. The summed E-state index contributed by atoms with van der Waals surface area (Å²) in [6.45, 7) is 3.26. The average molecular weight is 210 g/mol. The number of hydrogen-bond acceptors (Lipinski definition) is 5. The maximum atomic E-state index is 11.7. The Morgan fingerprint density at radius 1 is 1.80 bits per heavy atom. The summed E-state index contributed by atoms with van der Waals surface area (Å²) in [7, 11) is 0. The van der Waals surface area contributed by atoms with Gasteiger partial charge in [0.2, 0.25) is 12.3 Å². The molecule has 0 radical (unpaired) electrons. The van der Waals surface area contributed by atoms with E-state index in [0.29, 0.717) is 12.4 Å². The van der Waals surface area contributed by atoms with Crippen molar-refractivity contribution >= 4 is 5.91 Å². The zero-order valence-corrected chi connectivity index (χ0v) is 8.56. The summed E-state index contributed by atoms with van der Waals surface area (Å²) in [6.07, 6.45) is 2.14. The number of nitrogens with zero attached hydrogens (tertiary/aromatic N) is 2. The van der Waals surface area contributed by atoms with Crippen molar-refractivity contribution in [2.75, 3.05) is 6.54 Å². The van der Waals surface area contributed by atoms with Gasteiger partial charge in [-0.3, -0.25) is 4.79 Å². The molecule has 0 bridgehead atoms. The molecular formula is C9H14N4O2. The van der Waals surface area contributed by atoms with Crippen molar-refractivity contribution in [2.24, 2.45) is 5.92 Å². The van der Waals surface area contributed by atoms with Gasteiger partial charge in [-0.15, -0.1) is 0 Å². The topological polar surface area (TPSA) is 80.0 Å². The first kappa shape index (κ1) is 10.1. The fraction of sp³-hybridized carbons (Fsp3) is 0.667. The fourth-order valence-electron chi connectivity index (χ4n) is 1.78. The summed E-state index contributed by atoms with van der Waals surface area (Å²) in [5.41, 5.74) is 0. The number of nitrogens with one attached hydrogen (secondary N) is 2. The van der Waals surface area contributed by atoms with Gasteiger partial charge in [-0.1, -0.05) is 5.16 Å². The molecule has 0 spiro atoms. The maximum Gasteiger partial charge on any atom is 0.225 e.